The molecule has 0 saturated carbocycles. The van der Waals surface area contributed by atoms with Crippen molar-refractivity contribution in [2.24, 2.45) is 0 Å². The van der Waals surface area contributed by atoms with Gasteiger partial charge in [0.1, 0.15) is 12.4 Å². The molecule has 0 aliphatic rings. The van der Waals surface area contributed by atoms with Crippen LogP contribution < -0.4 is 9.13 Å². The summed E-state index contributed by atoms with van der Waals surface area (Å²) in [6, 6.07) is 44.9. The van der Waals surface area contributed by atoms with Crippen molar-refractivity contribution in [3.63, 3.8) is 0 Å². The van der Waals surface area contributed by atoms with E-state index in [-0.39, 0.29) is 49.1 Å². The van der Waals surface area contributed by atoms with Gasteiger partial charge in [-0.2, -0.15) is 5.56 Å². The number of benzene rings is 5. The van der Waals surface area contributed by atoms with Crippen LogP contribution in [0.5, 0.6) is 5.75 Å². The van der Waals surface area contributed by atoms with Crippen molar-refractivity contribution >= 4 is 0 Å². The zero-order chi connectivity index (χ0) is 44.0. The smallest absolute Gasteiger partial charge is 0.177 e. The number of hydrogen-bond donors (Lipinski definition) is 1. The summed E-state index contributed by atoms with van der Waals surface area (Å²) in [6.45, 7) is 29.2. The predicted molar refractivity (Wildman–Crippen MR) is 254 cm³/mol. The zero-order valence-electron chi connectivity index (χ0n) is 38.9. The van der Waals surface area contributed by atoms with E-state index in [0.717, 1.165) is 44.8 Å². The number of nitrogens with zero attached hydrogens (tertiary/aromatic N) is 2. The molecule has 3 nitrogen and oxygen atoms in total. The van der Waals surface area contributed by atoms with E-state index in [0.29, 0.717) is 5.75 Å². The molecule has 0 aliphatic heterocycles. The fourth-order valence-corrected chi connectivity index (χ4v) is 8.10. The number of hydrogen-bond acceptors (Lipinski definition) is 1. The van der Waals surface area contributed by atoms with Crippen LogP contribution in [0.4, 0.5) is 0 Å². The van der Waals surface area contributed by atoms with Crippen molar-refractivity contribution in [1.82, 2.24) is 0 Å². The number of pyridine rings is 2. The molecule has 7 aromatic rings. The van der Waals surface area contributed by atoms with Crippen molar-refractivity contribution in [3.8, 4) is 61.6 Å². The molecule has 0 aliphatic carbocycles. The molecule has 0 fully saturated rings. The Hall–Kier alpha value is -5.11. The van der Waals surface area contributed by atoms with Crippen molar-refractivity contribution < 1.29 is 35.3 Å². The van der Waals surface area contributed by atoms with Gasteiger partial charge < -0.3 is 9.67 Å². The van der Waals surface area contributed by atoms with Gasteiger partial charge >= 0.3 is 0 Å². The second kappa shape index (κ2) is 17.9. The Kier molecular flexibility index (Phi) is 13.4. The number of rotatable bonds is 8. The maximum atomic E-state index is 12.4. The monoisotopic (exact) mass is 998 g/mol. The average Bonchev–Trinajstić information content (AvgIpc) is 3.22. The van der Waals surface area contributed by atoms with Gasteiger partial charge in [-0.1, -0.05) is 181 Å². The Morgan fingerprint density at radius 3 is 1.53 bits per heavy atom. The third-order valence-corrected chi connectivity index (χ3v) is 11.8. The fourth-order valence-electron chi connectivity index (χ4n) is 8.10. The van der Waals surface area contributed by atoms with Crippen LogP contribution in [0.15, 0.2) is 128 Å². The summed E-state index contributed by atoms with van der Waals surface area (Å²) in [5.74, 6) is 0.784. The first-order valence-corrected chi connectivity index (χ1v) is 21.9. The van der Waals surface area contributed by atoms with Gasteiger partial charge in [0.2, 0.25) is 0 Å². The van der Waals surface area contributed by atoms with Crippen LogP contribution in [0, 0.1) is 18.5 Å². The van der Waals surface area contributed by atoms with Crippen molar-refractivity contribution in [1.29, 1.82) is 0 Å². The first-order chi connectivity index (χ1) is 28.7. The van der Waals surface area contributed by atoms with Crippen LogP contribution in [0.25, 0.3) is 55.9 Å². The summed E-state index contributed by atoms with van der Waals surface area (Å²) in [4.78, 5) is 0. The minimum atomic E-state index is -0.289. The molecule has 2 heterocycles. The molecule has 7 rings (SSSR count). The van der Waals surface area contributed by atoms with E-state index in [1.54, 1.807) is 0 Å². The molecular weight excluding hydrogens is 936 g/mol. The maximum Gasteiger partial charge on any atom is 0.177 e. The molecule has 1 N–H and O–H groups in total. The third-order valence-electron chi connectivity index (χ3n) is 11.8. The summed E-state index contributed by atoms with van der Waals surface area (Å²) in [7, 11) is 0. The SMILES string of the molecule is CC(C)c1cc(-c2ccccc2)cc(C(C)C)c1-c1cc(-c2cc(C(C)(C)C)cc(C(C)(C)C)c2O)[c-][n+](-c2[c-]c(-[n+]3[c-]ccc(-c4ccccc4)c3)cc(C(C)(C)C)c2)c1.[Pt]. The van der Waals surface area contributed by atoms with Gasteiger partial charge in [0.05, 0.1) is 11.9 Å². The molecule has 322 valence electrons. The van der Waals surface area contributed by atoms with E-state index >= 15 is 0 Å². The molecule has 0 unspecified atom stereocenters. The second-order valence-electron chi connectivity index (χ2n) is 20.4. The minimum absolute atomic E-state index is 0. The fraction of sp³-hybridized carbons (Fsp3) is 0.310. The van der Waals surface area contributed by atoms with Crippen LogP contribution in [-0.2, 0) is 37.3 Å². The van der Waals surface area contributed by atoms with E-state index < -0.39 is 0 Å². The third kappa shape index (κ3) is 9.90. The van der Waals surface area contributed by atoms with E-state index in [1.165, 1.54) is 38.9 Å². The summed E-state index contributed by atoms with van der Waals surface area (Å²) in [6.07, 6.45) is 11.6. The van der Waals surface area contributed by atoms with Gasteiger partial charge in [0, 0.05) is 32.4 Å². The van der Waals surface area contributed by atoms with Crippen LogP contribution in [-0.4, -0.2) is 5.11 Å². The predicted octanol–water partition coefficient (Wildman–Crippen LogP) is 14.2. The zero-order valence-corrected chi connectivity index (χ0v) is 41.2. The van der Waals surface area contributed by atoms with Gasteiger partial charge in [0.25, 0.3) is 0 Å². The maximum absolute atomic E-state index is 12.4. The van der Waals surface area contributed by atoms with E-state index in [2.05, 4.69) is 233 Å². The van der Waals surface area contributed by atoms with E-state index in [4.69, 9.17) is 0 Å². The standard InChI is InChI=1S/C58H63N2O.Pt/c1-38(2)50-28-43(41-23-18-15-19-24-41)29-51(39(3)4)54(50)45-27-44(52-32-47(57(8,9)10)33-53(55(52)61)58(11,12)13)36-60(37-45)49-31-46(56(5,6)7)30-48(34-49)59-26-20-25-42(35-59)40-21-16-14-17-22-40;/h14-25,27-33,35,37-39,61H,1-13H3;/q-1;. The Balaban J connectivity index is 0.00000641. The Morgan fingerprint density at radius 1 is 0.516 bits per heavy atom. The molecular formula is C58H63N2OPt-. The number of phenols is 1. The molecule has 5 aromatic carbocycles. The van der Waals surface area contributed by atoms with E-state index in [1.807, 2.05) is 12.1 Å². The van der Waals surface area contributed by atoms with Gasteiger partial charge in [-0.3, -0.25) is 4.57 Å². The number of phenolic OH excluding ortho intramolecular Hbond substituents is 1. The molecule has 62 heavy (non-hydrogen) atoms. The number of aromatic nitrogens is 2. The van der Waals surface area contributed by atoms with Gasteiger partial charge in [0.15, 0.2) is 6.20 Å². The molecule has 0 saturated heterocycles. The summed E-state index contributed by atoms with van der Waals surface area (Å²) in [5, 5.41) is 12.4. The van der Waals surface area contributed by atoms with Crippen molar-refractivity contribution in [2.75, 3.05) is 0 Å². The van der Waals surface area contributed by atoms with Crippen LogP contribution >= 0.6 is 0 Å². The van der Waals surface area contributed by atoms with Crippen molar-refractivity contribution in [3.05, 3.63) is 174 Å². The normalized spacial score (nSPS) is 12.2. The average molecular weight is 999 g/mol. The topological polar surface area (TPSA) is 28.0 Å². The molecule has 2 aromatic heterocycles. The summed E-state index contributed by atoms with van der Waals surface area (Å²) < 4.78 is 4.17. The first-order valence-electron chi connectivity index (χ1n) is 21.9. The summed E-state index contributed by atoms with van der Waals surface area (Å²) >= 11 is 0. The van der Waals surface area contributed by atoms with Gasteiger partial charge in [-0.05, 0) is 94.8 Å². The van der Waals surface area contributed by atoms with Gasteiger partial charge in [-0.15, -0.1) is 30.3 Å². The van der Waals surface area contributed by atoms with Crippen LogP contribution in [0.3, 0.4) is 0 Å². The molecule has 0 radical (unpaired) electrons. The Labute approximate surface area is 386 Å². The Morgan fingerprint density at radius 2 is 1.02 bits per heavy atom. The Bertz CT molecular complexity index is 2660. The quantitative estimate of drug-likeness (QED) is 0.119. The van der Waals surface area contributed by atoms with Gasteiger partial charge in [-0.25, -0.2) is 0 Å². The number of aromatic hydroxyl groups is 1. The molecule has 0 spiro atoms. The molecule has 0 bridgehead atoms. The molecule has 0 atom stereocenters. The molecule has 4 heteroatoms. The largest absolute Gasteiger partial charge is 0.515 e. The minimum Gasteiger partial charge on any atom is -0.515 e. The van der Waals surface area contributed by atoms with E-state index in [9.17, 15) is 5.11 Å². The van der Waals surface area contributed by atoms with Crippen LogP contribution in [0.2, 0.25) is 0 Å². The van der Waals surface area contributed by atoms with Crippen molar-refractivity contribution in [2.45, 2.75) is 118 Å². The molecule has 0 amide bonds. The van der Waals surface area contributed by atoms with Crippen LogP contribution in [0.1, 0.15) is 130 Å². The summed E-state index contributed by atoms with van der Waals surface area (Å²) in [5.41, 5.74) is 15.5. The first kappa shape index (κ1) is 46.4. The second-order valence-corrected chi connectivity index (χ2v) is 20.4.